The minimum absolute atomic E-state index is 0. The predicted molar refractivity (Wildman–Crippen MR) is 56.4 cm³/mol. The molecule has 15 heavy (non-hydrogen) atoms. The summed E-state index contributed by atoms with van der Waals surface area (Å²) in [4.78, 5) is 3.94. The van der Waals surface area contributed by atoms with Gasteiger partial charge in [0.05, 0.1) is 9.73 Å². The Bertz CT molecular complexity index is 426. The van der Waals surface area contributed by atoms with Gasteiger partial charge in [0.15, 0.2) is 0 Å². The van der Waals surface area contributed by atoms with E-state index >= 15 is 0 Å². The van der Waals surface area contributed by atoms with Crippen LogP contribution in [0.5, 0.6) is 0 Å². The SMILES string of the molecule is CN=S1(=O)CCCC1c1cc[c-]nc1.[Y]. The third kappa shape index (κ3) is 2.66. The van der Waals surface area contributed by atoms with Crippen LogP contribution in [0.1, 0.15) is 23.7 Å². The van der Waals surface area contributed by atoms with Gasteiger partial charge in [0, 0.05) is 50.8 Å². The summed E-state index contributed by atoms with van der Waals surface area (Å²) < 4.78 is 16.3. The molecule has 5 heteroatoms. The van der Waals surface area contributed by atoms with Gasteiger partial charge < -0.3 is 4.98 Å². The minimum Gasteiger partial charge on any atom is -0.394 e. The number of aromatic nitrogens is 1. The van der Waals surface area contributed by atoms with Crippen molar-refractivity contribution in [3.63, 3.8) is 0 Å². The molecule has 1 aromatic rings. The van der Waals surface area contributed by atoms with Crippen LogP contribution in [-0.2, 0) is 42.4 Å². The molecule has 1 aromatic heterocycles. The molecule has 2 atom stereocenters. The van der Waals surface area contributed by atoms with Crippen LogP contribution in [0.4, 0.5) is 0 Å². The molecule has 1 aliphatic heterocycles. The molecule has 1 radical (unpaired) electrons. The Morgan fingerprint density at radius 2 is 2.47 bits per heavy atom. The zero-order valence-electron chi connectivity index (χ0n) is 8.72. The van der Waals surface area contributed by atoms with E-state index in [-0.39, 0.29) is 38.0 Å². The van der Waals surface area contributed by atoms with Gasteiger partial charge in [-0.15, -0.1) is 5.56 Å². The second-order valence-electron chi connectivity index (χ2n) is 3.43. The van der Waals surface area contributed by atoms with E-state index in [1.165, 1.54) is 0 Å². The monoisotopic (exact) mass is 298 g/mol. The summed E-state index contributed by atoms with van der Waals surface area (Å²) >= 11 is 0. The van der Waals surface area contributed by atoms with Crippen LogP contribution in [0.3, 0.4) is 0 Å². The first-order valence-electron chi connectivity index (χ1n) is 4.70. The van der Waals surface area contributed by atoms with E-state index in [4.69, 9.17) is 0 Å². The number of hydrogen-bond donors (Lipinski definition) is 0. The summed E-state index contributed by atoms with van der Waals surface area (Å²) in [6.45, 7) is 0. The molecule has 0 spiro atoms. The van der Waals surface area contributed by atoms with Crippen LogP contribution in [0.2, 0.25) is 0 Å². The smallest absolute Gasteiger partial charge is 0.0516 e. The van der Waals surface area contributed by atoms with Gasteiger partial charge in [-0.3, -0.25) is 0 Å². The zero-order valence-corrected chi connectivity index (χ0v) is 12.4. The topological polar surface area (TPSA) is 42.3 Å². The molecular formula is C10H13N2OSY-. The van der Waals surface area contributed by atoms with Gasteiger partial charge >= 0.3 is 0 Å². The van der Waals surface area contributed by atoms with Crippen LogP contribution in [0.15, 0.2) is 22.7 Å². The van der Waals surface area contributed by atoms with Crippen molar-refractivity contribution in [3.05, 3.63) is 30.1 Å². The van der Waals surface area contributed by atoms with Crippen molar-refractivity contribution < 1.29 is 36.9 Å². The van der Waals surface area contributed by atoms with Gasteiger partial charge in [0.2, 0.25) is 0 Å². The van der Waals surface area contributed by atoms with E-state index in [1.54, 1.807) is 19.3 Å². The Hall–Kier alpha value is 0.204. The third-order valence-corrected chi connectivity index (χ3v) is 5.56. The van der Waals surface area contributed by atoms with Crippen LogP contribution >= 0.6 is 0 Å². The number of hydrogen-bond acceptors (Lipinski definition) is 3. The van der Waals surface area contributed by atoms with Gasteiger partial charge in [-0.2, -0.15) is 12.1 Å². The molecule has 0 saturated carbocycles. The number of rotatable bonds is 1. The normalized spacial score (nSPS) is 29.5. The van der Waals surface area contributed by atoms with E-state index < -0.39 is 9.73 Å². The van der Waals surface area contributed by atoms with Crippen molar-refractivity contribution in [1.82, 2.24) is 4.98 Å². The molecule has 2 heterocycles. The first-order valence-corrected chi connectivity index (χ1v) is 6.45. The molecule has 3 nitrogen and oxygen atoms in total. The summed E-state index contributed by atoms with van der Waals surface area (Å²) in [7, 11) is -0.358. The zero-order chi connectivity index (χ0) is 10.0. The Kier molecular flexibility index (Phi) is 4.87. The number of pyridine rings is 1. The molecule has 2 unspecified atom stereocenters. The van der Waals surface area contributed by atoms with Crippen molar-refractivity contribution in [2.45, 2.75) is 18.1 Å². The fraction of sp³-hybridized carbons (Fsp3) is 0.500. The molecule has 2 rings (SSSR count). The van der Waals surface area contributed by atoms with E-state index in [0.29, 0.717) is 0 Å². The number of nitrogens with zero attached hydrogens (tertiary/aromatic N) is 2. The summed E-state index contributed by atoms with van der Waals surface area (Å²) in [5.74, 6) is 0.729. The summed E-state index contributed by atoms with van der Waals surface area (Å²) in [5, 5.41) is 0.0783. The molecule has 1 aliphatic rings. The molecule has 0 N–H and O–H groups in total. The van der Waals surface area contributed by atoms with E-state index in [0.717, 1.165) is 24.2 Å². The second-order valence-corrected chi connectivity index (χ2v) is 6.15. The average molecular weight is 298 g/mol. The Morgan fingerprint density at radius 1 is 1.67 bits per heavy atom. The third-order valence-electron chi connectivity index (χ3n) is 2.67. The van der Waals surface area contributed by atoms with Crippen molar-refractivity contribution in [2.24, 2.45) is 4.36 Å². The first-order chi connectivity index (χ1) is 6.76. The van der Waals surface area contributed by atoms with E-state index in [9.17, 15) is 4.21 Å². The van der Waals surface area contributed by atoms with Gasteiger partial charge in [-0.05, 0) is 12.8 Å². The van der Waals surface area contributed by atoms with Crippen molar-refractivity contribution in [1.29, 1.82) is 0 Å². The molecular weight excluding hydrogens is 285 g/mol. The van der Waals surface area contributed by atoms with Crippen LogP contribution in [0, 0.1) is 6.20 Å². The molecule has 0 amide bonds. The van der Waals surface area contributed by atoms with Gasteiger partial charge in [0.25, 0.3) is 0 Å². The fourth-order valence-electron chi connectivity index (χ4n) is 1.92. The van der Waals surface area contributed by atoms with Crippen molar-refractivity contribution in [3.8, 4) is 0 Å². The maximum absolute atomic E-state index is 12.3. The molecule has 1 saturated heterocycles. The maximum atomic E-state index is 12.3. The summed E-state index contributed by atoms with van der Waals surface area (Å²) in [6, 6.07) is 3.71. The summed E-state index contributed by atoms with van der Waals surface area (Å²) in [6.07, 6.45) is 6.44. The van der Waals surface area contributed by atoms with Crippen LogP contribution < -0.4 is 0 Å². The van der Waals surface area contributed by atoms with Gasteiger partial charge in [-0.1, -0.05) is 12.4 Å². The van der Waals surface area contributed by atoms with E-state index in [2.05, 4.69) is 15.5 Å². The van der Waals surface area contributed by atoms with Gasteiger partial charge in [-0.25, -0.2) is 8.57 Å². The molecule has 0 aliphatic carbocycles. The molecule has 0 bridgehead atoms. The Labute approximate surface area is 116 Å². The fourth-order valence-corrected chi connectivity index (χ4v) is 4.32. The first kappa shape index (κ1) is 13.3. The van der Waals surface area contributed by atoms with Crippen molar-refractivity contribution >= 4 is 9.73 Å². The van der Waals surface area contributed by atoms with Gasteiger partial charge in [0.1, 0.15) is 0 Å². The predicted octanol–water partition coefficient (Wildman–Crippen LogP) is 1.81. The molecule has 0 aromatic carbocycles. The minimum atomic E-state index is -2.01. The quantitative estimate of drug-likeness (QED) is 0.742. The standard InChI is InChI=1S/C10H13N2OS.Y/c1-11-14(13)7-3-5-10(14)9-4-2-6-12-8-9;/h2,4,8,10H,3,5,7H2,1H3;/q-1;. The summed E-state index contributed by atoms with van der Waals surface area (Å²) in [5.41, 5.74) is 1.04. The van der Waals surface area contributed by atoms with Crippen LogP contribution in [0.25, 0.3) is 0 Å². The Balaban J connectivity index is 0.00000112. The average Bonchev–Trinajstić information content (AvgIpc) is 2.63. The largest absolute Gasteiger partial charge is 0.394 e. The Morgan fingerprint density at radius 3 is 3.07 bits per heavy atom. The van der Waals surface area contributed by atoms with Crippen molar-refractivity contribution in [2.75, 3.05) is 12.8 Å². The second kappa shape index (κ2) is 5.51. The maximum Gasteiger partial charge on any atom is 0.0516 e. The van der Waals surface area contributed by atoms with Crippen LogP contribution in [-0.4, -0.2) is 22.0 Å². The van der Waals surface area contributed by atoms with E-state index in [1.807, 2.05) is 6.07 Å². The molecule has 79 valence electrons. The molecule has 1 fully saturated rings.